The van der Waals surface area contributed by atoms with Gasteiger partial charge in [-0.2, -0.15) is 0 Å². The summed E-state index contributed by atoms with van der Waals surface area (Å²) >= 11 is 13.8. The molecule has 2 heterocycles. The fraction of sp³-hybridized carbons (Fsp3) is 0.522. The monoisotopic (exact) mass is 959 g/mol. The SMILES string of the molecule is C=NC(=Nc1ccccc1SC(C)C)/C(Cl)=C\Nc1ccc(N2CCN(CCOCCCCCOCCOCCOC3CCN(Sc4ccccc4Br)CC3)CC2)cc1.CN. The van der Waals surface area contributed by atoms with Crippen LogP contribution in [0, 0.1) is 0 Å². The average Bonchev–Trinajstić information content (AvgIpc) is 3.28. The van der Waals surface area contributed by atoms with Crippen LogP contribution in [-0.2, 0) is 18.9 Å². The van der Waals surface area contributed by atoms with Gasteiger partial charge in [0, 0.05) is 96.1 Å². The molecule has 0 bridgehead atoms. The number of halogens is 2. The van der Waals surface area contributed by atoms with Gasteiger partial charge >= 0.3 is 0 Å². The zero-order valence-corrected chi connectivity index (χ0v) is 40.3. The summed E-state index contributed by atoms with van der Waals surface area (Å²) in [5.74, 6) is 0.377. The first kappa shape index (κ1) is 51.2. The number of piperidine rings is 1. The van der Waals surface area contributed by atoms with E-state index in [1.54, 1.807) is 18.0 Å². The van der Waals surface area contributed by atoms with Crippen LogP contribution in [0.2, 0.25) is 0 Å². The third-order valence-corrected chi connectivity index (χ3v) is 13.3. The van der Waals surface area contributed by atoms with Crippen LogP contribution in [0.1, 0.15) is 46.0 Å². The Morgan fingerprint density at radius 2 is 1.44 bits per heavy atom. The maximum Gasteiger partial charge on any atom is 0.172 e. The summed E-state index contributed by atoms with van der Waals surface area (Å²) in [7, 11) is 1.50. The number of nitrogens with zero attached hydrogens (tertiary/aromatic N) is 5. The minimum Gasteiger partial charge on any atom is -0.380 e. The van der Waals surface area contributed by atoms with Crippen molar-refractivity contribution in [2.24, 2.45) is 15.7 Å². The number of hydrogen-bond acceptors (Lipinski definition) is 12. The number of anilines is 2. The van der Waals surface area contributed by atoms with E-state index in [0.29, 0.717) is 48.6 Å². The molecule has 11 nitrogen and oxygen atoms in total. The second kappa shape index (κ2) is 30.6. The topological polar surface area (TPSA) is 109 Å². The van der Waals surface area contributed by atoms with E-state index in [-0.39, 0.29) is 0 Å². The van der Waals surface area contributed by atoms with Crippen LogP contribution in [0.4, 0.5) is 17.1 Å². The van der Waals surface area contributed by atoms with Crippen molar-refractivity contribution < 1.29 is 18.9 Å². The van der Waals surface area contributed by atoms with E-state index in [4.69, 9.17) is 35.5 Å². The summed E-state index contributed by atoms with van der Waals surface area (Å²) in [6.45, 7) is 19.9. The molecule has 2 aliphatic rings. The van der Waals surface area contributed by atoms with E-state index >= 15 is 0 Å². The van der Waals surface area contributed by atoms with Crippen molar-refractivity contribution in [2.45, 2.75) is 67.1 Å². The van der Waals surface area contributed by atoms with Crippen molar-refractivity contribution in [1.29, 1.82) is 0 Å². The van der Waals surface area contributed by atoms with E-state index < -0.39 is 0 Å². The number of hydrogen-bond donors (Lipinski definition) is 2. The number of nitrogens with one attached hydrogen (secondary N) is 1. The molecule has 336 valence electrons. The number of aliphatic imine (C=N–C) groups is 2. The first-order chi connectivity index (χ1) is 29.9. The number of ether oxygens (including phenoxy) is 4. The molecule has 3 aromatic rings. The molecule has 0 unspecified atom stereocenters. The molecule has 3 N–H and O–H groups in total. The Labute approximate surface area is 387 Å². The van der Waals surface area contributed by atoms with Gasteiger partial charge in [-0.05, 0) is 122 Å². The Bertz CT molecular complexity index is 1730. The smallest absolute Gasteiger partial charge is 0.172 e. The number of benzene rings is 3. The van der Waals surface area contributed by atoms with E-state index in [1.165, 1.54) is 17.6 Å². The lowest BCUT2D eigenvalue weighted by atomic mass is 10.1. The van der Waals surface area contributed by atoms with Crippen LogP contribution in [-0.4, -0.2) is 132 Å². The van der Waals surface area contributed by atoms with Crippen molar-refractivity contribution in [3.05, 3.63) is 88.5 Å². The summed E-state index contributed by atoms with van der Waals surface area (Å²) in [6.07, 6.45) is 7.36. The van der Waals surface area contributed by atoms with Gasteiger partial charge < -0.3 is 34.9 Å². The molecular formula is C46H67BrClN7O4S2. The Hall–Kier alpha value is -2.47. The highest BCUT2D eigenvalue weighted by Crippen LogP contribution is 2.34. The molecule has 0 saturated carbocycles. The molecule has 61 heavy (non-hydrogen) atoms. The van der Waals surface area contributed by atoms with Gasteiger partial charge in [-0.25, -0.2) is 14.3 Å². The number of unbranched alkanes of at least 4 members (excludes halogenated alkanes) is 2. The van der Waals surface area contributed by atoms with Gasteiger partial charge in [0.25, 0.3) is 0 Å². The van der Waals surface area contributed by atoms with Gasteiger partial charge in [-0.3, -0.25) is 4.90 Å². The summed E-state index contributed by atoms with van der Waals surface area (Å²) in [4.78, 5) is 16.0. The lowest BCUT2D eigenvalue weighted by molar-refractivity contribution is -0.0245. The highest BCUT2D eigenvalue weighted by atomic mass is 79.9. The van der Waals surface area contributed by atoms with Crippen molar-refractivity contribution >= 4 is 80.9 Å². The predicted molar refractivity (Wildman–Crippen MR) is 264 cm³/mol. The Kier molecular flexibility index (Phi) is 25.7. The van der Waals surface area contributed by atoms with E-state index in [9.17, 15) is 0 Å². The molecule has 0 amide bonds. The van der Waals surface area contributed by atoms with Crippen molar-refractivity contribution in [3.63, 3.8) is 0 Å². The first-order valence-corrected chi connectivity index (χ1v) is 24.3. The Morgan fingerprint density at radius 3 is 2.11 bits per heavy atom. The van der Waals surface area contributed by atoms with E-state index in [2.05, 4.69) is 121 Å². The number of amidine groups is 1. The molecule has 0 spiro atoms. The zero-order chi connectivity index (χ0) is 43.5. The van der Waals surface area contributed by atoms with Gasteiger partial charge in [0.15, 0.2) is 5.84 Å². The van der Waals surface area contributed by atoms with Crippen LogP contribution < -0.4 is 16.0 Å². The van der Waals surface area contributed by atoms with Gasteiger partial charge in [-0.1, -0.05) is 49.7 Å². The second-order valence-electron chi connectivity index (χ2n) is 14.7. The molecule has 2 saturated heterocycles. The third-order valence-electron chi connectivity index (χ3n) is 9.84. The quantitative estimate of drug-likeness (QED) is 0.0279. The van der Waals surface area contributed by atoms with E-state index in [1.807, 2.05) is 30.1 Å². The molecule has 0 aliphatic carbocycles. The Balaban J connectivity index is 0.00000403. The van der Waals surface area contributed by atoms with Crippen molar-refractivity contribution in [3.8, 4) is 0 Å². The lowest BCUT2D eigenvalue weighted by Crippen LogP contribution is -2.47. The molecule has 0 atom stereocenters. The largest absolute Gasteiger partial charge is 0.380 e. The molecule has 2 aliphatic heterocycles. The van der Waals surface area contributed by atoms with Crippen LogP contribution in [0.3, 0.4) is 0 Å². The highest BCUT2D eigenvalue weighted by molar-refractivity contribution is 9.10. The minimum absolute atomic E-state index is 0.321. The van der Waals surface area contributed by atoms with Crippen LogP contribution in [0.5, 0.6) is 0 Å². The number of para-hydroxylation sites is 1. The van der Waals surface area contributed by atoms with Gasteiger partial charge in [-0.15, -0.1) is 11.8 Å². The fourth-order valence-corrected chi connectivity index (χ4v) is 9.14. The molecule has 3 aromatic carbocycles. The highest BCUT2D eigenvalue weighted by Gasteiger charge is 2.21. The molecule has 2 fully saturated rings. The maximum atomic E-state index is 6.60. The first-order valence-electron chi connectivity index (χ1n) is 21.5. The zero-order valence-electron chi connectivity index (χ0n) is 36.3. The predicted octanol–water partition coefficient (Wildman–Crippen LogP) is 9.98. The standard InChI is InChI=1S/C45H62BrClN6O4S2.CH5N/c1-36(2)58-44-14-8-6-12-42(44)50-45(48-3)41(47)35-49-37-15-17-38(18-16-37)52-25-23-51(24-26-52)27-30-54-28-9-4-10-29-55-31-32-56-33-34-57-39-19-21-53(22-20-39)59-43-13-7-5-11-40(43)46;1-2/h5-8,11-18,35-36,39,49H,3-4,9-10,19-34H2,1-2H3;2H2,1H3/b41-35+,50-45?;. The number of rotatable bonds is 25. The van der Waals surface area contributed by atoms with Crippen LogP contribution in [0.15, 0.2) is 108 Å². The fourth-order valence-electron chi connectivity index (χ4n) is 6.62. The lowest BCUT2D eigenvalue weighted by Gasteiger charge is -2.36. The molecular weight excluding hydrogens is 894 g/mol. The summed E-state index contributed by atoms with van der Waals surface area (Å²) < 4.78 is 27.1. The maximum absolute atomic E-state index is 6.60. The molecule has 0 radical (unpaired) electrons. The summed E-state index contributed by atoms with van der Waals surface area (Å²) in [6, 6.07) is 24.8. The summed E-state index contributed by atoms with van der Waals surface area (Å²) in [5.41, 5.74) is 7.48. The molecule has 5 rings (SSSR count). The van der Waals surface area contributed by atoms with Gasteiger partial charge in [0.2, 0.25) is 0 Å². The Morgan fingerprint density at radius 1 is 0.820 bits per heavy atom. The van der Waals surface area contributed by atoms with Gasteiger partial charge in [0.1, 0.15) is 5.03 Å². The number of nitrogens with two attached hydrogens (primary N) is 1. The van der Waals surface area contributed by atoms with Gasteiger partial charge in [0.05, 0.1) is 44.8 Å². The average molecular weight is 962 g/mol. The second-order valence-corrected chi connectivity index (χ2v) is 18.7. The third kappa shape index (κ3) is 19.9. The number of thioether (sulfide) groups is 1. The van der Waals surface area contributed by atoms with E-state index in [0.717, 1.165) is 118 Å². The number of piperazine rings is 1. The van der Waals surface area contributed by atoms with Crippen molar-refractivity contribution in [1.82, 2.24) is 9.21 Å². The van der Waals surface area contributed by atoms with Crippen molar-refractivity contribution in [2.75, 3.05) is 109 Å². The normalized spacial score (nSPS) is 15.8. The summed E-state index contributed by atoms with van der Waals surface area (Å²) in [5, 5.41) is 4.11. The molecule has 0 aromatic heterocycles. The minimum atomic E-state index is 0.321. The van der Waals surface area contributed by atoms with Crippen LogP contribution >= 0.6 is 51.2 Å². The van der Waals surface area contributed by atoms with Crippen LogP contribution in [0.25, 0.3) is 0 Å². The molecule has 15 heteroatoms.